The lowest BCUT2D eigenvalue weighted by molar-refractivity contribution is -0.137. The first-order valence-electron chi connectivity index (χ1n) is 5.13. The van der Waals surface area contributed by atoms with Crippen LogP contribution in [0.5, 0.6) is 0 Å². The van der Waals surface area contributed by atoms with Crippen molar-refractivity contribution in [2.75, 3.05) is 7.05 Å². The third kappa shape index (κ3) is 1.96. The van der Waals surface area contributed by atoms with Crippen molar-refractivity contribution in [1.29, 1.82) is 0 Å². The molecule has 0 aliphatic carbocycles. The van der Waals surface area contributed by atoms with Gasteiger partial charge in [-0.2, -0.15) is 0 Å². The van der Waals surface area contributed by atoms with Gasteiger partial charge in [-0.3, -0.25) is 14.5 Å². The highest BCUT2D eigenvalue weighted by Crippen LogP contribution is 2.22. The number of hydrogen-bond acceptors (Lipinski definition) is 2. The Labute approximate surface area is 92.9 Å². The highest BCUT2D eigenvalue weighted by molar-refractivity contribution is 6.03. The Balaban J connectivity index is 2.09. The number of benzene rings is 1. The van der Waals surface area contributed by atoms with Gasteiger partial charge in [-0.05, 0) is 24.1 Å². The van der Waals surface area contributed by atoms with Gasteiger partial charge in [0, 0.05) is 13.5 Å². The van der Waals surface area contributed by atoms with Crippen LogP contribution in [0.15, 0.2) is 24.3 Å². The minimum Gasteiger partial charge on any atom is -0.285 e. The summed E-state index contributed by atoms with van der Waals surface area (Å²) in [6.45, 7) is 0. The van der Waals surface area contributed by atoms with E-state index < -0.39 is 0 Å². The van der Waals surface area contributed by atoms with Crippen molar-refractivity contribution in [2.45, 2.75) is 12.8 Å². The molecule has 0 saturated carbocycles. The fraction of sp³-hybridized carbons (Fsp3) is 0.333. The number of likely N-dealkylation sites (tertiary alicyclic amines) is 1. The van der Waals surface area contributed by atoms with Gasteiger partial charge in [-0.1, -0.05) is 12.1 Å². The van der Waals surface area contributed by atoms with Gasteiger partial charge in [0.05, 0.1) is 5.92 Å². The Morgan fingerprint density at radius 3 is 2.44 bits per heavy atom. The minimum atomic E-state index is -0.297. The van der Waals surface area contributed by atoms with Gasteiger partial charge >= 0.3 is 0 Å². The number of hydrogen-bond donors (Lipinski definition) is 0. The van der Waals surface area contributed by atoms with E-state index in [1.54, 1.807) is 12.1 Å². The van der Waals surface area contributed by atoms with Gasteiger partial charge in [0.1, 0.15) is 5.82 Å². The van der Waals surface area contributed by atoms with Crippen molar-refractivity contribution >= 4 is 11.8 Å². The first-order chi connectivity index (χ1) is 7.58. The summed E-state index contributed by atoms with van der Waals surface area (Å²) in [5.74, 6) is -0.871. The molecule has 0 N–H and O–H groups in total. The second-order valence-corrected chi connectivity index (χ2v) is 4.02. The molecule has 1 aromatic carbocycles. The maximum absolute atomic E-state index is 12.7. The number of nitrogens with zero attached hydrogens (tertiary/aromatic N) is 1. The van der Waals surface area contributed by atoms with Crippen molar-refractivity contribution in [3.63, 3.8) is 0 Å². The predicted octanol–water partition coefficient (Wildman–Crippen LogP) is 1.37. The first-order valence-corrected chi connectivity index (χ1v) is 5.13. The molecule has 1 fully saturated rings. The number of halogens is 1. The Kier molecular flexibility index (Phi) is 2.73. The molecule has 2 rings (SSSR count). The normalized spacial score (nSPS) is 20.6. The molecule has 4 heteroatoms. The Morgan fingerprint density at radius 1 is 1.31 bits per heavy atom. The number of imide groups is 1. The maximum atomic E-state index is 12.7. The summed E-state index contributed by atoms with van der Waals surface area (Å²) in [6.07, 6.45) is 0.752. The van der Waals surface area contributed by atoms with E-state index in [1.807, 2.05) is 0 Å². The van der Waals surface area contributed by atoms with E-state index in [0.29, 0.717) is 6.42 Å². The largest absolute Gasteiger partial charge is 0.285 e. The number of rotatable bonds is 2. The summed E-state index contributed by atoms with van der Waals surface area (Å²) in [5, 5.41) is 0. The predicted molar refractivity (Wildman–Crippen MR) is 56.0 cm³/mol. The number of carbonyl (C=O) groups is 2. The second kappa shape index (κ2) is 4.04. The van der Waals surface area contributed by atoms with Crippen molar-refractivity contribution in [1.82, 2.24) is 4.90 Å². The van der Waals surface area contributed by atoms with Gasteiger partial charge in [0.25, 0.3) is 0 Å². The molecule has 1 aliphatic heterocycles. The van der Waals surface area contributed by atoms with E-state index in [2.05, 4.69) is 0 Å². The van der Waals surface area contributed by atoms with Crippen LogP contribution in [0.25, 0.3) is 0 Å². The van der Waals surface area contributed by atoms with Gasteiger partial charge in [-0.15, -0.1) is 0 Å². The zero-order valence-corrected chi connectivity index (χ0v) is 8.94. The van der Waals surface area contributed by atoms with Crippen LogP contribution in [0.4, 0.5) is 4.39 Å². The van der Waals surface area contributed by atoms with Crippen molar-refractivity contribution in [3.8, 4) is 0 Å². The smallest absolute Gasteiger partial charge is 0.232 e. The van der Waals surface area contributed by atoms with E-state index >= 15 is 0 Å². The van der Waals surface area contributed by atoms with E-state index in [1.165, 1.54) is 19.2 Å². The molecule has 1 unspecified atom stereocenters. The van der Waals surface area contributed by atoms with Crippen LogP contribution >= 0.6 is 0 Å². The molecular weight excluding hydrogens is 209 g/mol. The van der Waals surface area contributed by atoms with Crippen LogP contribution < -0.4 is 0 Å². The molecule has 2 amide bonds. The molecule has 1 heterocycles. The molecule has 1 aromatic rings. The van der Waals surface area contributed by atoms with E-state index in [0.717, 1.165) is 10.5 Å². The lowest BCUT2D eigenvalue weighted by atomic mass is 9.98. The molecule has 0 spiro atoms. The van der Waals surface area contributed by atoms with Crippen molar-refractivity contribution < 1.29 is 14.0 Å². The van der Waals surface area contributed by atoms with Gasteiger partial charge in [0.2, 0.25) is 11.8 Å². The zero-order valence-electron chi connectivity index (χ0n) is 8.94. The van der Waals surface area contributed by atoms with Crippen LogP contribution in [-0.4, -0.2) is 23.8 Å². The van der Waals surface area contributed by atoms with Crippen LogP contribution in [-0.2, 0) is 16.0 Å². The summed E-state index contributed by atoms with van der Waals surface area (Å²) < 4.78 is 12.7. The average molecular weight is 221 g/mol. The summed E-state index contributed by atoms with van der Waals surface area (Å²) in [7, 11) is 1.50. The average Bonchev–Trinajstić information content (AvgIpc) is 2.50. The zero-order chi connectivity index (χ0) is 11.7. The quantitative estimate of drug-likeness (QED) is 0.707. The summed E-state index contributed by atoms with van der Waals surface area (Å²) in [5.41, 5.74) is 0.878. The summed E-state index contributed by atoms with van der Waals surface area (Å²) in [4.78, 5) is 24.1. The molecular formula is C12H12FNO2. The highest BCUT2D eigenvalue weighted by Gasteiger charge is 2.35. The molecule has 16 heavy (non-hydrogen) atoms. The van der Waals surface area contributed by atoms with Crippen LogP contribution in [0, 0.1) is 11.7 Å². The van der Waals surface area contributed by atoms with Crippen molar-refractivity contribution in [2.24, 2.45) is 5.92 Å². The molecule has 1 atom stereocenters. The fourth-order valence-corrected chi connectivity index (χ4v) is 1.90. The summed E-state index contributed by atoms with van der Waals surface area (Å²) in [6, 6.07) is 6.01. The van der Waals surface area contributed by atoms with E-state index in [-0.39, 0.29) is 30.0 Å². The summed E-state index contributed by atoms with van der Waals surface area (Å²) >= 11 is 0. The van der Waals surface area contributed by atoms with Gasteiger partial charge in [-0.25, -0.2) is 4.39 Å². The lowest BCUT2D eigenvalue weighted by Gasteiger charge is -2.08. The first kappa shape index (κ1) is 10.8. The molecule has 0 aromatic heterocycles. The third-order valence-electron chi connectivity index (χ3n) is 2.87. The molecule has 0 bridgehead atoms. The minimum absolute atomic E-state index is 0.142. The highest BCUT2D eigenvalue weighted by atomic mass is 19.1. The molecule has 1 saturated heterocycles. The topological polar surface area (TPSA) is 37.4 Å². The van der Waals surface area contributed by atoms with Crippen LogP contribution in [0.2, 0.25) is 0 Å². The Morgan fingerprint density at radius 2 is 1.94 bits per heavy atom. The maximum Gasteiger partial charge on any atom is 0.232 e. The monoisotopic (exact) mass is 221 g/mol. The molecule has 84 valence electrons. The standard InChI is InChI=1S/C12H12FNO2/c1-14-11(15)7-9(12(14)16)6-8-2-4-10(13)5-3-8/h2-5,9H,6-7H2,1H3. The van der Waals surface area contributed by atoms with Crippen LogP contribution in [0.3, 0.4) is 0 Å². The molecule has 0 radical (unpaired) electrons. The third-order valence-corrected chi connectivity index (χ3v) is 2.87. The Hall–Kier alpha value is -1.71. The second-order valence-electron chi connectivity index (χ2n) is 4.02. The number of carbonyl (C=O) groups excluding carboxylic acids is 2. The van der Waals surface area contributed by atoms with Crippen LogP contribution in [0.1, 0.15) is 12.0 Å². The fourth-order valence-electron chi connectivity index (χ4n) is 1.90. The van der Waals surface area contributed by atoms with E-state index in [9.17, 15) is 14.0 Å². The Bertz CT molecular complexity index is 427. The molecule has 3 nitrogen and oxygen atoms in total. The van der Waals surface area contributed by atoms with Gasteiger partial charge < -0.3 is 0 Å². The number of amides is 2. The lowest BCUT2D eigenvalue weighted by Crippen LogP contribution is -2.26. The van der Waals surface area contributed by atoms with Gasteiger partial charge in [0.15, 0.2) is 0 Å². The SMILES string of the molecule is CN1C(=O)CC(Cc2ccc(F)cc2)C1=O. The van der Waals surface area contributed by atoms with Crippen molar-refractivity contribution in [3.05, 3.63) is 35.6 Å². The molecule has 1 aliphatic rings. The van der Waals surface area contributed by atoms with E-state index in [4.69, 9.17) is 0 Å².